The lowest BCUT2D eigenvalue weighted by molar-refractivity contribution is 0.339. The highest BCUT2D eigenvalue weighted by molar-refractivity contribution is 5.56. The lowest BCUT2D eigenvalue weighted by Gasteiger charge is -2.14. The van der Waals surface area contributed by atoms with Gasteiger partial charge in [-0.15, -0.1) is 0 Å². The van der Waals surface area contributed by atoms with Crippen molar-refractivity contribution in [1.29, 1.82) is 0 Å². The maximum atomic E-state index is 5.97. The van der Waals surface area contributed by atoms with Gasteiger partial charge in [0.05, 0.1) is 11.6 Å². The zero-order valence-electron chi connectivity index (χ0n) is 11.9. The Kier molecular flexibility index (Phi) is 2.81. The van der Waals surface area contributed by atoms with Crippen LogP contribution in [0.5, 0.6) is 5.75 Å². The molecule has 3 rings (SSSR count). The van der Waals surface area contributed by atoms with E-state index in [-0.39, 0.29) is 5.92 Å². The number of nitrogens with zero attached hydrogens (tertiary/aromatic N) is 1. The van der Waals surface area contributed by atoms with Crippen molar-refractivity contribution in [3.05, 3.63) is 57.9 Å². The second kappa shape index (κ2) is 4.37. The maximum absolute atomic E-state index is 5.97. The molecule has 1 aliphatic heterocycles. The summed E-state index contributed by atoms with van der Waals surface area (Å²) in [6.07, 6.45) is 1.87. The first-order valence-corrected chi connectivity index (χ1v) is 6.74. The normalized spacial score (nSPS) is 17.2. The molecule has 2 heteroatoms. The summed E-state index contributed by atoms with van der Waals surface area (Å²) in [7, 11) is 0. The van der Waals surface area contributed by atoms with Crippen LogP contribution in [0.15, 0.2) is 24.4 Å². The van der Waals surface area contributed by atoms with E-state index in [9.17, 15) is 0 Å². The van der Waals surface area contributed by atoms with Gasteiger partial charge in [-0.05, 0) is 56.0 Å². The molecule has 0 fully saturated rings. The fraction of sp³-hybridized carbons (Fsp3) is 0.353. The average Bonchev–Trinajstić information content (AvgIpc) is 2.82. The summed E-state index contributed by atoms with van der Waals surface area (Å²) < 4.78 is 5.97. The summed E-state index contributed by atoms with van der Waals surface area (Å²) in [5, 5.41) is 0. The van der Waals surface area contributed by atoms with Gasteiger partial charge in [0.2, 0.25) is 0 Å². The predicted octanol–water partition coefficient (Wildman–Crippen LogP) is 3.84. The van der Waals surface area contributed by atoms with Crippen LogP contribution in [0.25, 0.3) is 0 Å². The third-order valence-electron chi connectivity index (χ3n) is 4.16. The number of pyridine rings is 1. The Balaban J connectivity index is 2.18. The minimum atomic E-state index is 0.274. The fourth-order valence-electron chi connectivity index (χ4n) is 3.02. The van der Waals surface area contributed by atoms with Gasteiger partial charge in [0.15, 0.2) is 0 Å². The van der Waals surface area contributed by atoms with E-state index >= 15 is 0 Å². The van der Waals surface area contributed by atoms with E-state index in [1.807, 2.05) is 12.3 Å². The zero-order valence-corrected chi connectivity index (χ0v) is 11.9. The van der Waals surface area contributed by atoms with E-state index in [2.05, 4.69) is 44.8 Å². The van der Waals surface area contributed by atoms with Gasteiger partial charge in [0.1, 0.15) is 12.4 Å². The predicted molar refractivity (Wildman–Crippen MR) is 77.0 cm³/mol. The molecule has 0 bridgehead atoms. The molecule has 0 N–H and O–H groups in total. The van der Waals surface area contributed by atoms with Crippen LogP contribution in [0.1, 0.15) is 39.4 Å². The van der Waals surface area contributed by atoms with Crippen molar-refractivity contribution < 1.29 is 4.74 Å². The van der Waals surface area contributed by atoms with Gasteiger partial charge in [0, 0.05) is 11.8 Å². The van der Waals surface area contributed by atoms with E-state index in [0.29, 0.717) is 6.61 Å². The maximum Gasteiger partial charge on any atom is 0.126 e. The van der Waals surface area contributed by atoms with Crippen molar-refractivity contribution in [2.24, 2.45) is 0 Å². The minimum Gasteiger partial charge on any atom is -0.492 e. The first-order chi connectivity index (χ1) is 9.09. The van der Waals surface area contributed by atoms with Crippen molar-refractivity contribution in [2.45, 2.75) is 33.6 Å². The molecule has 0 spiro atoms. The molecule has 0 radical (unpaired) electrons. The number of hydrogen-bond donors (Lipinski definition) is 0. The highest BCUT2D eigenvalue weighted by Crippen LogP contribution is 2.43. The molecule has 1 aliphatic rings. The van der Waals surface area contributed by atoms with Gasteiger partial charge in [-0.25, -0.2) is 0 Å². The molecule has 0 amide bonds. The lowest BCUT2D eigenvalue weighted by atomic mass is 9.89. The van der Waals surface area contributed by atoms with Crippen molar-refractivity contribution in [1.82, 2.24) is 4.98 Å². The third-order valence-corrected chi connectivity index (χ3v) is 4.16. The molecule has 2 nitrogen and oxygen atoms in total. The fourth-order valence-corrected chi connectivity index (χ4v) is 3.02. The van der Waals surface area contributed by atoms with E-state index in [1.165, 1.54) is 27.8 Å². The summed E-state index contributed by atoms with van der Waals surface area (Å²) in [4.78, 5) is 4.57. The average molecular weight is 253 g/mol. The van der Waals surface area contributed by atoms with Crippen LogP contribution in [0.2, 0.25) is 0 Å². The first-order valence-electron chi connectivity index (χ1n) is 6.74. The van der Waals surface area contributed by atoms with Crippen LogP contribution in [0.3, 0.4) is 0 Å². The molecule has 0 saturated heterocycles. The number of benzene rings is 1. The molecule has 0 aliphatic carbocycles. The third kappa shape index (κ3) is 1.83. The Morgan fingerprint density at radius 2 is 1.89 bits per heavy atom. The molecule has 1 atom stereocenters. The molecule has 0 saturated carbocycles. The van der Waals surface area contributed by atoms with Gasteiger partial charge in [-0.3, -0.25) is 4.98 Å². The van der Waals surface area contributed by atoms with Crippen LogP contribution >= 0.6 is 0 Å². The lowest BCUT2D eigenvalue weighted by Crippen LogP contribution is -2.07. The molecule has 2 aromatic rings. The van der Waals surface area contributed by atoms with Crippen molar-refractivity contribution in [3.63, 3.8) is 0 Å². The van der Waals surface area contributed by atoms with Gasteiger partial charge in [0.25, 0.3) is 0 Å². The molecular formula is C17H19NO. The van der Waals surface area contributed by atoms with Gasteiger partial charge in [-0.2, -0.15) is 0 Å². The first kappa shape index (κ1) is 12.2. The van der Waals surface area contributed by atoms with E-state index < -0.39 is 0 Å². The smallest absolute Gasteiger partial charge is 0.126 e. The summed E-state index contributed by atoms with van der Waals surface area (Å²) in [5.41, 5.74) is 7.58. The molecule has 98 valence electrons. The molecule has 1 unspecified atom stereocenters. The van der Waals surface area contributed by atoms with Crippen molar-refractivity contribution >= 4 is 0 Å². The molecule has 1 aromatic carbocycles. The highest BCUT2D eigenvalue weighted by atomic mass is 16.5. The second-order valence-corrected chi connectivity index (χ2v) is 5.45. The number of rotatable bonds is 1. The second-order valence-electron chi connectivity index (χ2n) is 5.45. The molecule has 19 heavy (non-hydrogen) atoms. The molecule has 1 aromatic heterocycles. The van der Waals surface area contributed by atoms with Gasteiger partial charge >= 0.3 is 0 Å². The Morgan fingerprint density at radius 1 is 1.11 bits per heavy atom. The standard InChI is InChI=1S/C17H19NO/c1-10-6-5-7-18-16(10)14-9-19-17-13(4)11(2)8-12(3)15(14)17/h5-8,14H,9H2,1-4H3. The van der Waals surface area contributed by atoms with Crippen molar-refractivity contribution in [2.75, 3.05) is 6.61 Å². The summed E-state index contributed by atoms with van der Waals surface area (Å²) in [6.45, 7) is 9.28. The Bertz CT molecular complexity index is 646. The summed E-state index contributed by atoms with van der Waals surface area (Å²) >= 11 is 0. The Labute approximate surface area is 114 Å². The summed E-state index contributed by atoms with van der Waals surface area (Å²) in [6, 6.07) is 6.37. The van der Waals surface area contributed by atoms with E-state index in [4.69, 9.17) is 4.74 Å². The monoisotopic (exact) mass is 253 g/mol. The minimum absolute atomic E-state index is 0.274. The zero-order chi connectivity index (χ0) is 13.6. The number of aromatic nitrogens is 1. The van der Waals surface area contributed by atoms with Crippen LogP contribution in [0.4, 0.5) is 0 Å². The molecular weight excluding hydrogens is 234 g/mol. The number of ether oxygens (including phenoxy) is 1. The topological polar surface area (TPSA) is 22.1 Å². The van der Waals surface area contributed by atoms with E-state index in [1.54, 1.807) is 0 Å². The van der Waals surface area contributed by atoms with E-state index in [0.717, 1.165) is 11.4 Å². The van der Waals surface area contributed by atoms with Crippen molar-refractivity contribution in [3.8, 4) is 5.75 Å². The summed E-state index contributed by atoms with van der Waals surface area (Å²) in [5.74, 6) is 1.35. The van der Waals surface area contributed by atoms with Gasteiger partial charge in [-0.1, -0.05) is 12.1 Å². The number of hydrogen-bond acceptors (Lipinski definition) is 2. The Morgan fingerprint density at radius 3 is 2.63 bits per heavy atom. The van der Waals surface area contributed by atoms with Crippen LogP contribution in [-0.2, 0) is 0 Å². The number of aryl methyl sites for hydroxylation is 3. The van der Waals surface area contributed by atoms with Crippen LogP contribution in [0, 0.1) is 27.7 Å². The van der Waals surface area contributed by atoms with Crippen LogP contribution < -0.4 is 4.74 Å². The van der Waals surface area contributed by atoms with Gasteiger partial charge < -0.3 is 4.74 Å². The number of fused-ring (bicyclic) bond motifs is 1. The quantitative estimate of drug-likeness (QED) is 0.770. The Hall–Kier alpha value is -1.83. The largest absolute Gasteiger partial charge is 0.492 e. The van der Waals surface area contributed by atoms with Crippen LogP contribution in [-0.4, -0.2) is 11.6 Å². The SMILES string of the molecule is Cc1cccnc1C1COc2c(C)c(C)cc(C)c21. The molecule has 2 heterocycles. The highest BCUT2D eigenvalue weighted by Gasteiger charge is 2.31.